The molecule has 1 amide bonds. The number of benzene rings is 2. The molecule has 4 aromatic rings. The van der Waals surface area contributed by atoms with Crippen LogP contribution in [0.3, 0.4) is 0 Å². The minimum absolute atomic E-state index is 0.161. The molecule has 3 heterocycles. The van der Waals surface area contributed by atoms with Gasteiger partial charge < -0.3 is 20.1 Å². The Morgan fingerprint density at radius 2 is 1.73 bits per heavy atom. The maximum absolute atomic E-state index is 12.6. The summed E-state index contributed by atoms with van der Waals surface area (Å²) in [4.78, 5) is 12.6. The predicted molar refractivity (Wildman–Crippen MR) is 123 cm³/mol. The number of anilines is 3. The van der Waals surface area contributed by atoms with E-state index in [1.54, 1.807) is 22.9 Å². The molecule has 2 aromatic carbocycles. The molecular formula is C24H22N6O3. The number of hydrogen-bond acceptors (Lipinski definition) is 7. The van der Waals surface area contributed by atoms with E-state index in [0.29, 0.717) is 28.8 Å². The highest BCUT2D eigenvalue weighted by atomic mass is 16.6. The van der Waals surface area contributed by atoms with Gasteiger partial charge in [0.2, 0.25) is 6.10 Å². The van der Waals surface area contributed by atoms with Crippen molar-refractivity contribution in [3.05, 3.63) is 78.1 Å². The molecule has 0 saturated carbocycles. The molecular weight excluding hydrogens is 420 g/mol. The van der Waals surface area contributed by atoms with Gasteiger partial charge in [-0.3, -0.25) is 4.79 Å². The van der Waals surface area contributed by atoms with Crippen LogP contribution in [0.15, 0.2) is 66.7 Å². The van der Waals surface area contributed by atoms with Gasteiger partial charge in [0.05, 0.1) is 5.69 Å². The first-order valence-corrected chi connectivity index (χ1v) is 10.5. The number of aryl methyl sites for hydroxylation is 2. The second kappa shape index (κ2) is 8.62. The van der Waals surface area contributed by atoms with Gasteiger partial charge in [0.25, 0.3) is 5.91 Å². The van der Waals surface area contributed by atoms with E-state index in [4.69, 9.17) is 9.47 Å². The standard InChI is InChI=1S/C24H22N6O3/c1-15-13-16(2)30(29-15)23-12-11-22(27-28-23)25-17-7-9-18(10-8-17)26-24(31)21-14-32-19-5-3-4-6-20(19)33-21/h3-13,21H,14H2,1-2H3,(H,25,27)(H,26,31). The van der Waals surface area contributed by atoms with E-state index in [2.05, 4.69) is 25.9 Å². The number of para-hydroxylation sites is 2. The third-order valence-electron chi connectivity index (χ3n) is 5.10. The average molecular weight is 442 g/mol. The molecule has 5 rings (SSSR count). The molecule has 9 heteroatoms. The zero-order valence-corrected chi connectivity index (χ0v) is 18.1. The Bertz CT molecular complexity index is 1280. The van der Waals surface area contributed by atoms with Crippen molar-refractivity contribution in [1.82, 2.24) is 20.0 Å². The highest BCUT2D eigenvalue weighted by Gasteiger charge is 2.27. The van der Waals surface area contributed by atoms with Crippen molar-refractivity contribution in [2.24, 2.45) is 0 Å². The SMILES string of the molecule is Cc1cc(C)n(-c2ccc(Nc3ccc(NC(=O)C4COc5ccccc5O4)cc3)nn2)n1. The first-order valence-electron chi connectivity index (χ1n) is 10.5. The smallest absolute Gasteiger partial charge is 0.269 e. The monoisotopic (exact) mass is 442 g/mol. The van der Waals surface area contributed by atoms with E-state index < -0.39 is 6.10 Å². The molecule has 1 atom stereocenters. The number of rotatable bonds is 5. The lowest BCUT2D eigenvalue weighted by atomic mass is 10.2. The summed E-state index contributed by atoms with van der Waals surface area (Å²) >= 11 is 0. The number of fused-ring (bicyclic) bond motifs is 1. The molecule has 1 aliphatic rings. The summed E-state index contributed by atoms with van der Waals surface area (Å²) in [6.07, 6.45) is -0.714. The maximum Gasteiger partial charge on any atom is 0.269 e. The van der Waals surface area contributed by atoms with Gasteiger partial charge in [-0.1, -0.05) is 12.1 Å². The van der Waals surface area contributed by atoms with Crippen LogP contribution in [0.5, 0.6) is 11.5 Å². The van der Waals surface area contributed by atoms with Gasteiger partial charge in [-0.25, -0.2) is 4.68 Å². The topological polar surface area (TPSA) is 103 Å². The van der Waals surface area contributed by atoms with Crippen molar-refractivity contribution in [3.63, 3.8) is 0 Å². The summed E-state index contributed by atoms with van der Waals surface area (Å²) in [6, 6.07) is 20.3. The van der Waals surface area contributed by atoms with Gasteiger partial charge in [-0.05, 0) is 68.4 Å². The Hall–Kier alpha value is -4.40. The van der Waals surface area contributed by atoms with Crippen molar-refractivity contribution < 1.29 is 14.3 Å². The van der Waals surface area contributed by atoms with Crippen molar-refractivity contribution in [3.8, 4) is 17.3 Å². The van der Waals surface area contributed by atoms with E-state index in [1.165, 1.54) is 0 Å². The quantitative estimate of drug-likeness (QED) is 0.485. The van der Waals surface area contributed by atoms with Crippen molar-refractivity contribution >= 4 is 23.1 Å². The number of carbonyl (C=O) groups is 1. The molecule has 166 valence electrons. The lowest BCUT2D eigenvalue weighted by Crippen LogP contribution is -2.40. The number of nitrogens with one attached hydrogen (secondary N) is 2. The molecule has 1 unspecified atom stereocenters. The van der Waals surface area contributed by atoms with Crippen molar-refractivity contribution in [2.45, 2.75) is 20.0 Å². The van der Waals surface area contributed by atoms with Gasteiger partial charge in [-0.15, -0.1) is 10.2 Å². The Morgan fingerprint density at radius 1 is 0.970 bits per heavy atom. The van der Waals surface area contributed by atoms with Crippen molar-refractivity contribution in [2.75, 3.05) is 17.2 Å². The van der Waals surface area contributed by atoms with Crippen LogP contribution in [0.2, 0.25) is 0 Å². The van der Waals surface area contributed by atoms with Gasteiger partial charge >= 0.3 is 0 Å². The maximum atomic E-state index is 12.6. The zero-order valence-electron chi connectivity index (χ0n) is 18.1. The molecule has 2 N–H and O–H groups in total. The summed E-state index contributed by atoms with van der Waals surface area (Å²) in [5, 5.41) is 18.9. The number of carbonyl (C=O) groups excluding carboxylic acids is 1. The summed E-state index contributed by atoms with van der Waals surface area (Å²) in [5.74, 6) is 2.19. The third kappa shape index (κ3) is 4.47. The number of nitrogens with zero attached hydrogens (tertiary/aromatic N) is 4. The fourth-order valence-corrected chi connectivity index (χ4v) is 3.52. The van der Waals surface area contributed by atoms with Crippen LogP contribution >= 0.6 is 0 Å². The highest BCUT2D eigenvalue weighted by molar-refractivity contribution is 5.94. The van der Waals surface area contributed by atoms with Crippen LogP contribution in [0, 0.1) is 13.8 Å². The van der Waals surface area contributed by atoms with E-state index in [1.807, 2.05) is 62.4 Å². The Kier molecular flexibility index (Phi) is 5.35. The minimum atomic E-state index is -0.714. The van der Waals surface area contributed by atoms with Gasteiger partial charge in [0.15, 0.2) is 23.1 Å². The Labute approximate surface area is 190 Å². The van der Waals surface area contributed by atoms with Gasteiger partial charge in [0.1, 0.15) is 6.61 Å². The first kappa shape index (κ1) is 20.5. The van der Waals surface area contributed by atoms with E-state index >= 15 is 0 Å². The van der Waals surface area contributed by atoms with E-state index in [0.717, 1.165) is 17.1 Å². The minimum Gasteiger partial charge on any atom is -0.485 e. The lowest BCUT2D eigenvalue weighted by Gasteiger charge is -2.25. The molecule has 0 radical (unpaired) electrons. The van der Waals surface area contributed by atoms with Crippen LogP contribution in [-0.2, 0) is 4.79 Å². The summed E-state index contributed by atoms with van der Waals surface area (Å²) < 4.78 is 13.1. The lowest BCUT2D eigenvalue weighted by molar-refractivity contribution is -0.125. The number of amides is 1. The van der Waals surface area contributed by atoms with Crippen molar-refractivity contribution in [1.29, 1.82) is 0 Å². The molecule has 0 aliphatic carbocycles. The number of aromatic nitrogens is 4. The normalized spacial score (nSPS) is 14.5. The molecule has 33 heavy (non-hydrogen) atoms. The largest absolute Gasteiger partial charge is 0.485 e. The molecule has 9 nitrogen and oxygen atoms in total. The van der Waals surface area contributed by atoms with Crippen LogP contribution in [0.25, 0.3) is 5.82 Å². The van der Waals surface area contributed by atoms with Gasteiger partial charge in [0, 0.05) is 17.1 Å². The van der Waals surface area contributed by atoms with Crippen LogP contribution in [0.1, 0.15) is 11.4 Å². The molecule has 2 aromatic heterocycles. The predicted octanol–water partition coefficient (Wildman–Crippen LogP) is 3.80. The zero-order chi connectivity index (χ0) is 22.8. The fraction of sp³-hybridized carbons (Fsp3) is 0.167. The fourth-order valence-electron chi connectivity index (χ4n) is 3.52. The highest BCUT2D eigenvalue weighted by Crippen LogP contribution is 2.31. The van der Waals surface area contributed by atoms with Crippen LogP contribution in [-0.4, -0.2) is 38.6 Å². The van der Waals surface area contributed by atoms with Gasteiger partial charge in [-0.2, -0.15) is 5.10 Å². The summed E-state index contributed by atoms with van der Waals surface area (Å²) in [6.45, 7) is 4.07. The third-order valence-corrected chi connectivity index (χ3v) is 5.10. The molecule has 0 spiro atoms. The number of ether oxygens (including phenoxy) is 2. The van der Waals surface area contributed by atoms with Crippen LogP contribution < -0.4 is 20.1 Å². The molecule has 1 aliphatic heterocycles. The molecule has 0 saturated heterocycles. The molecule has 0 fully saturated rings. The van der Waals surface area contributed by atoms with Crippen LogP contribution in [0.4, 0.5) is 17.2 Å². The first-order chi connectivity index (χ1) is 16.0. The van der Waals surface area contributed by atoms with E-state index in [9.17, 15) is 4.79 Å². The Morgan fingerprint density at radius 3 is 2.42 bits per heavy atom. The van der Waals surface area contributed by atoms with E-state index in [-0.39, 0.29) is 12.5 Å². The molecule has 0 bridgehead atoms. The average Bonchev–Trinajstić information content (AvgIpc) is 3.18. The Balaban J connectivity index is 1.19. The summed E-state index contributed by atoms with van der Waals surface area (Å²) in [5.41, 5.74) is 3.39. The number of hydrogen-bond donors (Lipinski definition) is 2. The second-order valence-corrected chi connectivity index (χ2v) is 7.67. The second-order valence-electron chi connectivity index (χ2n) is 7.67. The summed E-state index contributed by atoms with van der Waals surface area (Å²) in [7, 11) is 0.